The van der Waals surface area contributed by atoms with Gasteiger partial charge >= 0.3 is 0 Å². The molecule has 0 aliphatic rings. The summed E-state index contributed by atoms with van der Waals surface area (Å²) in [6.45, 7) is 5.18. The number of hydrogen-bond acceptors (Lipinski definition) is 4. The van der Waals surface area contributed by atoms with E-state index in [1.165, 1.54) is 16.8 Å². The fourth-order valence-electron chi connectivity index (χ4n) is 1.77. The van der Waals surface area contributed by atoms with Gasteiger partial charge in [0, 0.05) is 17.3 Å². The monoisotopic (exact) mass is 248 g/mol. The largest absolute Gasteiger partial charge is 0.411 e. The summed E-state index contributed by atoms with van der Waals surface area (Å²) in [7, 11) is 0. The van der Waals surface area contributed by atoms with Crippen LogP contribution in [-0.2, 0) is 0 Å². The second-order valence-corrected chi connectivity index (χ2v) is 4.03. The van der Waals surface area contributed by atoms with Crippen molar-refractivity contribution in [2.75, 3.05) is 0 Å². The van der Waals surface area contributed by atoms with E-state index in [2.05, 4.69) is 15.2 Å². The first kappa shape index (κ1) is 12.2. The molecule has 0 saturated carbocycles. The first-order chi connectivity index (χ1) is 8.52. The van der Waals surface area contributed by atoms with Crippen LogP contribution < -0.4 is 0 Å². The number of hydrogen-bond donors (Lipinski definition) is 1. The van der Waals surface area contributed by atoms with Crippen LogP contribution in [0.15, 0.2) is 23.5 Å². The van der Waals surface area contributed by atoms with Crippen LogP contribution >= 0.6 is 0 Å². The Morgan fingerprint density at radius 3 is 2.72 bits per heavy atom. The molecule has 0 spiro atoms. The van der Waals surface area contributed by atoms with Gasteiger partial charge in [-0.05, 0) is 26.8 Å². The first-order valence-corrected chi connectivity index (χ1v) is 5.41. The van der Waals surface area contributed by atoms with E-state index in [1.54, 1.807) is 27.0 Å². The average molecular weight is 248 g/mol. The van der Waals surface area contributed by atoms with E-state index < -0.39 is 0 Å². The maximum Gasteiger partial charge on any atom is 0.156 e. The molecule has 0 bridgehead atoms. The molecule has 0 aliphatic heterocycles. The molecule has 2 aromatic rings. The molecular formula is C12H13FN4O. The summed E-state index contributed by atoms with van der Waals surface area (Å²) >= 11 is 0. The zero-order valence-corrected chi connectivity index (χ0v) is 10.3. The van der Waals surface area contributed by atoms with E-state index in [0.717, 1.165) is 5.69 Å². The Bertz CT molecular complexity index is 598. The average Bonchev–Trinajstić information content (AvgIpc) is 2.69. The van der Waals surface area contributed by atoms with Gasteiger partial charge in [0.2, 0.25) is 0 Å². The summed E-state index contributed by atoms with van der Waals surface area (Å²) < 4.78 is 14.8. The maximum atomic E-state index is 13.3. The van der Waals surface area contributed by atoms with E-state index in [1.807, 2.05) is 0 Å². The molecule has 0 amide bonds. The van der Waals surface area contributed by atoms with Crippen LogP contribution in [0.5, 0.6) is 0 Å². The van der Waals surface area contributed by atoms with Crippen LogP contribution in [0.25, 0.3) is 5.82 Å². The highest BCUT2D eigenvalue weighted by Gasteiger charge is 2.12. The molecule has 94 valence electrons. The Kier molecular flexibility index (Phi) is 3.10. The van der Waals surface area contributed by atoms with Gasteiger partial charge in [0.05, 0.1) is 17.6 Å². The molecule has 2 aromatic heterocycles. The van der Waals surface area contributed by atoms with E-state index in [0.29, 0.717) is 22.8 Å². The highest BCUT2D eigenvalue weighted by Crippen LogP contribution is 2.15. The highest BCUT2D eigenvalue weighted by atomic mass is 19.1. The quantitative estimate of drug-likeness (QED) is 0.503. The lowest BCUT2D eigenvalue weighted by molar-refractivity contribution is 0.319. The first-order valence-electron chi connectivity index (χ1n) is 5.41. The number of aryl methyl sites for hydroxylation is 1. The van der Waals surface area contributed by atoms with Crippen molar-refractivity contribution in [3.8, 4) is 5.82 Å². The predicted octanol–water partition coefficient (Wildman–Crippen LogP) is 2.22. The van der Waals surface area contributed by atoms with Crippen LogP contribution in [0.3, 0.4) is 0 Å². The Labute approximate surface area is 104 Å². The maximum absolute atomic E-state index is 13.3. The lowest BCUT2D eigenvalue weighted by atomic mass is 10.2. The fraction of sp³-hybridized carbons (Fsp3) is 0.250. The van der Waals surface area contributed by atoms with Crippen molar-refractivity contribution in [1.29, 1.82) is 0 Å². The summed E-state index contributed by atoms with van der Waals surface area (Å²) in [6, 6.07) is 2.66. The van der Waals surface area contributed by atoms with Crippen molar-refractivity contribution in [3.05, 3.63) is 41.1 Å². The molecule has 0 fully saturated rings. The van der Waals surface area contributed by atoms with Crippen molar-refractivity contribution >= 4 is 5.71 Å². The van der Waals surface area contributed by atoms with Gasteiger partial charge in [-0.15, -0.1) is 0 Å². The molecule has 0 radical (unpaired) electrons. The van der Waals surface area contributed by atoms with Gasteiger partial charge in [0.25, 0.3) is 0 Å². The van der Waals surface area contributed by atoms with Crippen molar-refractivity contribution < 1.29 is 9.60 Å². The van der Waals surface area contributed by atoms with Crippen molar-refractivity contribution in [2.24, 2.45) is 5.16 Å². The Morgan fingerprint density at radius 2 is 2.11 bits per heavy atom. The van der Waals surface area contributed by atoms with Gasteiger partial charge in [0.1, 0.15) is 5.82 Å². The molecular weight excluding hydrogens is 235 g/mol. The van der Waals surface area contributed by atoms with Gasteiger partial charge in [-0.25, -0.2) is 14.1 Å². The summed E-state index contributed by atoms with van der Waals surface area (Å²) in [5.74, 6) is 0.0449. The second kappa shape index (κ2) is 4.56. The number of oxime groups is 1. The van der Waals surface area contributed by atoms with Crippen LogP contribution in [0.2, 0.25) is 0 Å². The number of rotatable bonds is 2. The zero-order chi connectivity index (χ0) is 13.3. The highest BCUT2D eigenvalue weighted by molar-refractivity contribution is 5.99. The fourth-order valence-corrected chi connectivity index (χ4v) is 1.77. The van der Waals surface area contributed by atoms with Gasteiger partial charge in [-0.3, -0.25) is 0 Å². The zero-order valence-electron chi connectivity index (χ0n) is 10.3. The lowest BCUT2D eigenvalue weighted by Gasteiger charge is -2.05. The van der Waals surface area contributed by atoms with E-state index in [9.17, 15) is 4.39 Å². The smallest absolute Gasteiger partial charge is 0.156 e. The van der Waals surface area contributed by atoms with Gasteiger partial charge < -0.3 is 5.21 Å². The number of halogens is 1. The van der Waals surface area contributed by atoms with Gasteiger partial charge in [-0.2, -0.15) is 5.10 Å². The SMILES string of the molecule is C/C(=N\O)c1cnn(-c2cc(F)cc(C)n2)c1C. The molecule has 0 atom stereocenters. The van der Waals surface area contributed by atoms with Crippen LogP contribution in [-0.4, -0.2) is 25.7 Å². The topological polar surface area (TPSA) is 63.3 Å². The van der Waals surface area contributed by atoms with E-state index >= 15 is 0 Å². The Morgan fingerprint density at radius 1 is 1.39 bits per heavy atom. The predicted molar refractivity (Wildman–Crippen MR) is 64.8 cm³/mol. The normalized spacial score (nSPS) is 11.9. The molecule has 5 nitrogen and oxygen atoms in total. The van der Waals surface area contributed by atoms with E-state index in [4.69, 9.17) is 5.21 Å². The standard InChI is InChI=1S/C12H13FN4O/c1-7-4-10(13)5-12(15-7)17-9(3)11(6-14-17)8(2)16-18/h4-6,18H,1-3H3/b16-8+. The molecule has 2 rings (SSSR count). The number of aromatic nitrogens is 3. The molecule has 1 N–H and O–H groups in total. The van der Waals surface area contributed by atoms with Gasteiger partial charge in [-0.1, -0.05) is 5.16 Å². The molecule has 18 heavy (non-hydrogen) atoms. The van der Waals surface area contributed by atoms with Crippen LogP contribution in [0.4, 0.5) is 4.39 Å². The lowest BCUT2D eigenvalue weighted by Crippen LogP contribution is -2.05. The summed E-state index contributed by atoms with van der Waals surface area (Å²) in [6.07, 6.45) is 1.56. The molecule has 0 aromatic carbocycles. The number of nitrogens with zero attached hydrogens (tertiary/aromatic N) is 4. The molecule has 2 heterocycles. The third kappa shape index (κ3) is 2.09. The summed E-state index contributed by atoms with van der Waals surface area (Å²) in [5, 5.41) is 16.0. The van der Waals surface area contributed by atoms with Crippen molar-refractivity contribution in [3.63, 3.8) is 0 Å². The van der Waals surface area contributed by atoms with Crippen LogP contribution in [0.1, 0.15) is 23.9 Å². The van der Waals surface area contributed by atoms with Crippen molar-refractivity contribution in [1.82, 2.24) is 14.8 Å². The third-order valence-electron chi connectivity index (χ3n) is 2.67. The molecule has 0 unspecified atom stereocenters. The van der Waals surface area contributed by atoms with Gasteiger partial charge in [0.15, 0.2) is 5.82 Å². The third-order valence-corrected chi connectivity index (χ3v) is 2.67. The number of pyridine rings is 1. The minimum Gasteiger partial charge on any atom is -0.411 e. The molecule has 6 heteroatoms. The minimum absolute atomic E-state index is 0.360. The Balaban J connectivity index is 2.55. The molecule has 0 aliphatic carbocycles. The minimum atomic E-state index is -0.360. The second-order valence-electron chi connectivity index (χ2n) is 4.03. The molecule has 0 saturated heterocycles. The summed E-state index contributed by atoms with van der Waals surface area (Å²) in [5.41, 5.74) is 2.46. The van der Waals surface area contributed by atoms with Crippen LogP contribution in [0, 0.1) is 19.7 Å². The Hall–Kier alpha value is -2.24. The summed E-state index contributed by atoms with van der Waals surface area (Å²) in [4.78, 5) is 4.22. The van der Waals surface area contributed by atoms with Crippen molar-refractivity contribution in [2.45, 2.75) is 20.8 Å². The van der Waals surface area contributed by atoms with E-state index in [-0.39, 0.29) is 5.82 Å².